The zero-order chi connectivity index (χ0) is 12.4. The average Bonchev–Trinajstić information content (AvgIpc) is 3.00. The highest BCUT2D eigenvalue weighted by molar-refractivity contribution is 8.01. The van der Waals surface area contributed by atoms with Gasteiger partial charge in [0, 0.05) is 11.3 Å². The first kappa shape index (κ1) is 12.1. The molecule has 2 unspecified atom stereocenters. The molecular weight excluding hydrogens is 262 g/mol. The molecule has 0 saturated heterocycles. The molecule has 3 rings (SSSR count). The summed E-state index contributed by atoms with van der Waals surface area (Å²) < 4.78 is 1.07. The van der Waals surface area contributed by atoms with Gasteiger partial charge >= 0.3 is 0 Å². The molecule has 5 heteroatoms. The fourth-order valence-corrected chi connectivity index (χ4v) is 4.47. The number of rotatable bonds is 4. The van der Waals surface area contributed by atoms with Crippen LogP contribution in [0.4, 0.5) is 0 Å². The zero-order valence-electron chi connectivity index (χ0n) is 10.2. The van der Waals surface area contributed by atoms with E-state index in [1.807, 2.05) is 11.8 Å². The number of thioether (sulfide) groups is 1. The molecule has 2 atom stereocenters. The fraction of sp³-hybridized carbons (Fsp3) is 0.385. The van der Waals surface area contributed by atoms with Gasteiger partial charge in [-0.25, -0.2) is 0 Å². The van der Waals surface area contributed by atoms with Crippen molar-refractivity contribution in [3.8, 4) is 0 Å². The number of aromatic nitrogens is 2. The molecule has 0 fully saturated rings. The highest BCUT2D eigenvalue weighted by Crippen LogP contribution is 2.41. The van der Waals surface area contributed by atoms with E-state index in [1.165, 1.54) is 11.1 Å². The standard InChI is InChI=1S/C13H15N3S2/c1-2-14-12-10-6-4-3-5-9(10)7-11(12)18-13-16-15-8-17-13/h3-6,8,11-12,14H,2,7H2,1H3. The van der Waals surface area contributed by atoms with Crippen molar-refractivity contribution < 1.29 is 0 Å². The molecule has 1 aliphatic rings. The first-order chi connectivity index (χ1) is 8.88. The van der Waals surface area contributed by atoms with Crippen molar-refractivity contribution >= 4 is 23.1 Å². The van der Waals surface area contributed by atoms with E-state index in [2.05, 4.69) is 46.7 Å². The van der Waals surface area contributed by atoms with E-state index in [1.54, 1.807) is 16.8 Å². The van der Waals surface area contributed by atoms with Crippen LogP contribution < -0.4 is 5.32 Å². The predicted molar refractivity (Wildman–Crippen MR) is 76.1 cm³/mol. The minimum atomic E-state index is 0.431. The van der Waals surface area contributed by atoms with Gasteiger partial charge in [-0.05, 0) is 24.1 Å². The molecule has 3 nitrogen and oxygen atoms in total. The molecule has 18 heavy (non-hydrogen) atoms. The maximum Gasteiger partial charge on any atom is 0.174 e. The van der Waals surface area contributed by atoms with Crippen LogP contribution in [0.1, 0.15) is 24.1 Å². The Hall–Kier alpha value is -0.910. The molecule has 0 saturated carbocycles. The number of nitrogens with one attached hydrogen (secondary N) is 1. The van der Waals surface area contributed by atoms with Crippen molar-refractivity contribution in [2.24, 2.45) is 0 Å². The molecule has 1 heterocycles. The molecule has 0 amide bonds. The molecule has 1 aliphatic carbocycles. The van der Waals surface area contributed by atoms with Gasteiger partial charge in [-0.3, -0.25) is 0 Å². The van der Waals surface area contributed by atoms with Gasteiger partial charge in [0.05, 0.1) is 0 Å². The molecule has 1 aromatic carbocycles. The Morgan fingerprint density at radius 2 is 2.33 bits per heavy atom. The summed E-state index contributed by atoms with van der Waals surface area (Å²) in [4.78, 5) is 0. The molecule has 0 radical (unpaired) electrons. The van der Waals surface area contributed by atoms with E-state index in [-0.39, 0.29) is 0 Å². The van der Waals surface area contributed by atoms with E-state index >= 15 is 0 Å². The summed E-state index contributed by atoms with van der Waals surface area (Å²) in [5.74, 6) is 0. The molecule has 94 valence electrons. The van der Waals surface area contributed by atoms with Gasteiger partial charge in [-0.2, -0.15) is 0 Å². The SMILES string of the molecule is CCNC1c2ccccc2CC1Sc1nncs1. The second-order valence-corrected chi connectivity index (χ2v) is 6.62. The van der Waals surface area contributed by atoms with E-state index < -0.39 is 0 Å². The van der Waals surface area contributed by atoms with Crippen LogP contribution in [0.2, 0.25) is 0 Å². The Labute approximate surface area is 115 Å². The summed E-state index contributed by atoms with van der Waals surface area (Å²) in [7, 11) is 0. The van der Waals surface area contributed by atoms with Gasteiger partial charge in [-0.1, -0.05) is 54.3 Å². The van der Waals surface area contributed by atoms with Gasteiger partial charge in [0.2, 0.25) is 0 Å². The van der Waals surface area contributed by atoms with E-state index in [4.69, 9.17) is 0 Å². The largest absolute Gasteiger partial charge is 0.309 e. The predicted octanol–water partition coefficient (Wildman–Crippen LogP) is 2.91. The van der Waals surface area contributed by atoms with Gasteiger partial charge in [0.25, 0.3) is 0 Å². The molecule has 0 bridgehead atoms. The highest BCUT2D eigenvalue weighted by Gasteiger charge is 2.32. The van der Waals surface area contributed by atoms with Crippen molar-refractivity contribution in [2.75, 3.05) is 6.54 Å². The van der Waals surface area contributed by atoms with Gasteiger partial charge in [0.15, 0.2) is 4.34 Å². The lowest BCUT2D eigenvalue weighted by Crippen LogP contribution is -2.26. The highest BCUT2D eigenvalue weighted by atomic mass is 32.2. The van der Waals surface area contributed by atoms with E-state index in [0.29, 0.717) is 11.3 Å². The van der Waals surface area contributed by atoms with Crippen molar-refractivity contribution in [2.45, 2.75) is 29.0 Å². The summed E-state index contributed by atoms with van der Waals surface area (Å²) in [6, 6.07) is 9.16. The van der Waals surface area contributed by atoms with Crippen molar-refractivity contribution in [1.29, 1.82) is 0 Å². The van der Waals surface area contributed by atoms with Gasteiger partial charge in [-0.15, -0.1) is 10.2 Å². The average molecular weight is 277 g/mol. The van der Waals surface area contributed by atoms with Crippen LogP contribution in [0.15, 0.2) is 34.1 Å². The summed E-state index contributed by atoms with van der Waals surface area (Å²) in [6.07, 6.45) is 1.11. The van der Waals surface area contributed by atoms with E-state index in [9.17, 15) is 0 Å². The maximum atomic E-state index is 4.14. The number of hydrogen-bond donors (Lipinski definition) is 1. The Morgan fingerprint density at radius 3 is 3.11 bits per heavy atom. The van der Waals surface area contributed by atoms with Crippen molar-refractivity contribution in [1.82, 2.24) is 15.5 Å². The first-order valence-electron chi connectivity index (χ1n) is 6.12. The quantitative estimate of drug-likeness (QED) is 0.932. The normalized spacial score (nSPS) is 22.1. The van der Waals surface area contributed by atoms with Crippen LogP contribution in [0.5, 0.6) is 0 Å². The lowest BCUT2D eigenvalue weighted by molar-refractivity contribution is 0.560. The molecule has 1 N–H and O–H groups in total. The Kier molecular flexibility index (Phi) is 3.63. The summed E-state index contributed by atoms with van der Waals surface area (Å²) in [5, 5.41) is 12.2. The molecule has 1 aromatic heterocycles. The van der Waals surface area contributed by atoms with Crippen LogP contribution in [0.25, 0.3) is 0 Å². The van der Waals surface area contributed by atoms with Crippen molar-refractivity contribution in [3.63, 3.8) is 0 Å². The maximum absolute atomic E-state index is 4.14. The molecule has 0 aliphatic heterocycles. The third-order valence-corrected chi connectivity index (χ3v) is 5.28. The number of fused-ring (bicyclic) bond motifs is 1. The zero-order valence-corrected chi connectivity index (χ0v) is 11.8. The first-order valence-corrected chi connectivity index (χ1v) is 7.88. The van der Waals surface area contributed by atoms with Crippen molar-refractivity contribution in [3.05, 3.63) is 40.9 Å². The summed E-state index contributed by atoms with van der Waals surface area (Å²) in [5.41, 5.74) is 4.71. The lowest BCUT2D eigenvalue weighted by Gasteiger charge is -2.19. The number of nitrogens with zero attached hydrogens (tertiary/aromatic N) is 2. The van der Waals surface area contributed by atoms with E-state index in [0.717, 1.165) is 17.3 Å². The van der Waals surface area contributed by atoms with Crippen LogP contribution >= 0.6 is 23.1 Å². The van der Waals surface area contributed by atoms with Crippen LogP contribution in [-0.4, -0.2) is 22.0 Å². The third-order valence-electron chi connectivity index (χ3n) is 3.20. The lowest BCUT2D eigenvalue weighted by atomic mass is 10.1. The number of hydrogen-bond acceptors (Lipinski definition) is 5. The molecular formula is C13H15N3S2. The van der Waals surface area contributed by atoms with Gasteiger partial charge < -0.3 is 5.32 Å². The Morgan fingerprint density at radius 1 is 1.44 bits per heavy atom. The molecule has 0 spiro atoms. The Bertz CT molecular complexity index is 511. The third kappa shape index (κ3) is 2.30. The van der Waals surface area contributed by atoms with Crippen LogP contribution in [-0.2, 0) is 6.42 Å². The Balaban J connectivity index is 1.83. The second-order valence-electron chi connectivity index (χ2n) is 4.30. The minimum absolute atomic E-state index is 0.431. The van der Waals surface area contributed by atoms with Gasteiger partial charge in [0.1, 0.15) is 5.51 Å². The van der Waals surface area contributed by atoms with Crippen LogP contribution in [0, 0.1) is 0 Å². The second kappa shape index (κ2) is 5.38. The number of benzene rings is 1. The topological polar surface area (TPSA) is 37.8 Å². The smallest absolute Gasteiger partial charge is 0.174 e. The molecule has 2 aromatic rings. The summed E-state index contributed by atoms with van der Waals surface area (Å²) >= 11 is 3.47. The minimum Gasteiger partial charge on any atom is -0.309 e. The monoisotopic (exact) mass is 277 g/mol. The van der Waals surface area contributed by atoms with Crippen LogP contribution in [0.3, 0.4) is 0 Å². The summed E-state index contributed by atoms with van der Waals surface area (Å²) in [6.45, 7) is 3.15. The fourth-order valence-electron chi connectivity index (χ4n) is 2.47.